The summed E-state index contributed by atoms with van der Waals surface area (Å²) < 4.78 is 0. The van der Waals surface area contributed by atoms with Crippen molar-refractivity contribution >= 4 is 24.1 Å². The van der Waals surface area contributed by atoms with Crippen molar-refractivity contribution in [3.8, 4) is 0 Å². The number of likely N-dealkylation sites (tertiary alicyclic amines) is 1. The van der Waals surface area contributed by atoms with Crippen LogP contribution in [0.3, 0.4) is 0 Å². The topological polar surface area (TPSA) is 157 Å². The van der Waals surface area contributed by atoms with Crippen LogP contribution in [-0.2, 0) is 20.8 Å². The fourth-order valence-electron chi connectivity index (χ4n) is 3.44. The second-order valence-electron chi connectivity index (χ2n) is 7.19. The van der Waals surface area contributed by atoms with Crippen molar-refractivity contribution in [1.29, 1.82) is 0 Å². The van der Waals surface area contributed by atoms with Gasteiger partial charge in [-0.15, -0.1) is 0 Å². The SMILES string of the molecule is NC(N)=NCCC[C@H](C=O)NC(=O)[C@@H]1CCCN1C(=O)[C@H](N)Cc1ccccc1. The van der Waals surface area contributed by atoms with Gasteiger partial charge in [0.05, 0.1) is 12.1 Å². The Morgan fingerprint density at radius 1 is 1.28 bits per heavy atom. The molecule has 0 aliphatic carbocycles. The number of nitrogens with one attached hydrogen (secondary N) is 1. The largest absolute Gasteiger partial charge is 0.370 e. The second-order valence-corrected chi connectivity index (χ2v) is 7.19. The maximum absolute atomic E-state index is 12.8. The van der Waals surface area contributed by atoms with Crippen LogP contribution in [0.5, 0.6) is 0 Å². The molecule has 0 aromatic heterocycles. The number of nitrogens with two attached hydrogens (primary N) is 3. The van der Waals surface area contributed by atoms with E-state index >= 15 is 0 Å². The number of aldehydes is 1. The average molecular weight is 402 g/mol. The molecule has 1 heterocycles. The summed E-state index contributed by atoms with van der Waals surface area (Å²) in [6, 6.07) is 7.55. The molecule has 9 heteroatoms. The number of aliphatic imine (C=N–C) groups is 1. The van der Waals surface area contributed by atoms with E-state index in [1.165, 1.54) is 4.90 Å². The van der Waals surface area contributed by atoms with Gasteiger partial charge in [0.2, 0.25) is 11.8 Å². The highest BCUT2D eigenvalue weighted by Crippen LogP contribution is 2.19. The summed E-state index contributed by atoms with van der Waals surface area (Å²) in [5.74, 6) is -0.591. The number of amides is 2. The van der Waals surface area contributed by atoms with Gasteiger partial charge in [-0.25, -0.2) is 0 Å². The molecule has 158 valence electrons. The summed E-state index contributed by atoms with van der Waals surface area (Å²) in [6.07, 6.45) is 3.34. The lowest BCUT2D eigenvalue weighted by molar-refractivity contribution is -0.139. The van der Waals surface area contributed by atoms with Gasteiger partial charge in [-0.3, -0.25) is 14.6 Å². The monoisotopic (exact) mass is 402 g/mol. The minimum absolute atomic E-state index is 0.0105. The fourth-order valence-corrected chi connectivity index (χ4v) is 3.44. The van der Waals surface area contributed by atoms with Gasteiger partial charge in [0.1, 0.15) is 12.3 Å². The summed E-state index contributed by atoms with van der Waals surface area (Å²) in [5, 5.41) is 2.72. The Balaban J connectivity index is 1.90. The standard InChI is InChI=1S/C20H30N6O3/c21-16(12-14-6-2-1-3-7-14)19(29)26-11-5-9-17(26)18(28)25-15(13-27)8-4-10-24-20(22)23/h1-3,6-7,13,15-17H,4-5,8-12,21H2,(H,25,28)(H4,22,23,24)/t15-,16-,17+/m1/s1. The van der Waals surface area contributed by atoms with Crippen LogP contribution >= 0.6 is 0 Å². The molecule has 1 fully saturated rings. The molecular weight excluding hydrogens is 372 g/mol. The lowest BCUT2D eigenvalue weighted by atomic mass is 10.0. The highest BCUT2D eigenvalue weighted by atomic mass is 16.2. The van der Waals surface area contributed by atoms with Gasteiger partial charge in [0.25, 0.3) is 0 Å². The number of carbonyl (C=O) groups excluding carboxylic acids is 3. The van der Waals surface area contributed by atoms with Gasteiger partial charge in [-0.05, 0) is 37.7 Å². The van der Waals surface area contributed by atoms with E-state index in [4.69, 9.17) is 17.2 Å². The van der Waals surface area contributed by atoms with Crippen LogP contribution in [0.15, 0.2) is 35.3 Å². The zero-order valence-electron chi connectivity index (χ0n) is 16.5. The van der Waals surface area contributed by atoms with Crippen molar-refractivity contribution in [1.82, 2.24) is 10.2 Å². The third-order valence-electron chi connectivity index (χ3n) is 4.91. The smallest absolute Gasteiger partial charge is 0.243 e. The van der Waals surface area contributed by atoms with Crippen molar-refractivity contribution in [3.63, 3.8) is 0 Å². The second kappa shape index (κ2) is 11.2. The quantitative estimate of drug-likeness (QED) is 0.175. The summed E-state index contributed by atoms with van der Waals surface area (Å²) in [7, 11) is 0. The van der Waals surface area contributed by atoms with Crippen molar-refractivity contribution in [2.24, 2.45) is 22.2 Å². The van der Waals surface area contributed by atoms with Gasteiger partial charge in [0, 0.05) is 13.1 Å². The van der Waals surface area contributed by atoms with Crippen LogP contribution in [0.2, 0.25) is 0 Å². The molecule has 29 heavy (non-hydrogen) atoms. The summed E-state index contributed by atoms with van der Waals surface area (Å²) in [6.45, 7) is 0.862. The zero-order valence-corrected chi connectivity index (χ0v) is 16.5. The molecule has 1 aliphatic heterocycles. The molecule has 1 aromatic carbocycles. The summed E-state index contributed by atoms with van der Waals surface area (Å²) in [5.41, 5.74) is 17.6. The molecule has 0 spiro atoms. The van der Waals surface area contributed by atoms with Gasteiger partial charge in [0.15, 0.2) is 5.96 Å². The molecule has 1 aliphatic rings. The average Bonchev–Trinajstić information content (AvgIpc) is 3.20. The maximum Gasteiger partial charge on any atom is 0.243 e. The number of guanidine groups is 1. The molecule has 0 saturated carbocycles. The normalized spacial score (nSPS) is 18.0. The maximum atomic E-state index is 12.8. The molecule has 1 aromatic rings. The Hall–Kier alpha value is -2.94. The van der Waals surface area contributed by atoms with Gasteiger partial charge in [-0.2, -0.15) is 0 Å². The lowest BCUT2D eigenvalue weighted by Crippen LogP contribution is -2.53. The first-order valence-electron chi connectivity index (χ1n) is 9.83. The number of rotatable bonds is 10. The fraction of sp³-hybridized carbons (Fsp3) is 0.500. The minimum atomic E-state index is -0.716. The van der Waals surface area contributed by atoms with Crippen molar-refractivity contribution in [2.45, 2.75) is 50.2 Å². The predicted molar refractivity (Wildman–Crippen MR) is 111 cm³/mol. The van der Waals surface area contributed by atoms with E-state index in [9.17, 15) is 14.4 Å². The summed E-state index contributed by atoms with van der Waals surface area (Å²) >= 11 is 0. The number of carbonyl (C=O) groups is 3. The summed E-state index contributed by atoms with van der Waals surface area (Å²) in [4.78, 5) is 42.2. The van der Waals surface area contributed by atoms with Crippen LogP contribution in [0.1, 0.15) is 31.2 Å². The molecule has 0 radical (unpaired) electrons. The van der Waals surface area contributed by atoms with Crippen LogP contribution in [0, 0.1) is 0 Å². The Bertz CT molecular complexity index is 720. The predicted octanol–water partition coefficient (Wildman–Crippen LogP) is -0.715. The van der Waals surface area contributed by atoms with Crippen LogP contribution in [0.25, 0.3) is 0 Å². The Labute approximate surface area is 170 Å². The van der Waals surface area contributed by atoms with Crippen molar-refractivity contribution < 1.29 is 14.4 Å². The van der Waals surface area contributed by atoms with Crippen molar-refractivity contribution in [2.75, 3.05) is 13.1 Å². The van der Waals surface area contributed by atoms with E-state index < -0.39 is 18.1 Å². The molecule has 7 N–H and O–H groups in total. The number of benzene rings is 1. The van der Waals surface area contributed by atoms with Gasteiger partial charge >= 0.3 is 0 Å². The number of hydrogen-bond donors (Lipinski definition) is 4. The zero-order chi connectivity index (χ0) is 21.2. The van der Waals surface area contributed by atoms with E-state index in [1.54, 1.807) is 0 Å². The highest BCUT2D eigenvalue weighted by molar-refractivity contribution is 5.91. The molecule has 0 bridgehead atoms. The Kier molecular flexibility index (Phi) is 8.60. The molecule has 0 unspecified atom stereocenters. The van der Waals surface area contributed by atoms with E-state index in [0.29, 0.717) is 45.1 Å². The Morgan fingerprint density at radius 3 is 2.66 bits per heavy atom. The van der Waals surface area contributed by atoms with E-state index in [1.807, 2.05) is 30.3 Å². The third kappa shape index (κ3) is 6.86. The third-order valence-corrected chi connectivity index (χ3v) is 4.91. The molecule has 2 rings (SSSR count). The first kappa shape index (κ1) is 22.4. The molecular formula is C20H30N6O3. The first-order valence-corrected chi connectivity index (χ1v) is 9.83. The van der Waals surface area contributed by atoms with E-state index in [2.05, 4.69) is 10.3 Å². The van der Waals surface area contributed by atoms with Crippen LogP contribution in [-0.4, -0.2) is 60.2 Å². The van der Waals surface area contributed by atoms with E-state index in [-0.39, 0.29) is 17.8 Å². The molecule has 9 nitrogen and oxygen atoms in total. The van der Waals surface area contributed by atoms with Crippen LogP contribution in [0.4, 0.5) is 0 Å². The molecule has 2 amide bonds. The Morgan fingerprint density at radius 2 is 2.00 bits per heavy atom. The number of nitrogens with zero attached hydrogens (tertiary/aromatic N) is 2. The first-order chi connectivity index (χ1) is 13.9. The minimum Gasteiger partial charge on any atom is -0.370 e. The highest BCUT2D eigenvalue weighted by Gasteiger charge is 2.36. The molecule has 1 saturated heterocycles. The van der Waals surface area contributed by atoms with Crippen molar-refractivity contribution in [3.05, 3.63) is 35.9 Å². The molecule has 3 atom stereocenters. The lowest BCUT2D eigenvalue weighted by Gasteiger charge is -2.27. The van der Waals surface area contributed by atoms with Gasteiger partial charge < -0.3 is 32.2 Å². The van der Waals surface area contributed by atoms with E-state index in [0.717, 1.165) is 12.0 Å². The number of hydrogen-bond acceptors (Lipinski definition) is 5. The van der Waals surface area contributed by atoms with Gasteiger partial charge in [-0.1, -0.05) is 30.3 Å². The van der Waals surface area contributed by atoms with Crippen LogP contribution < -0.4 is 22.5 Å².